The fourth-order valence-electron chi connectivity index (χ4n) is 2.54. The average molecular weight is 266 g/mol. The van der Waals surface area contributed by atoms with E-state index in [-0.39, 0.29) is 11.5 Å². The molecular weight excluding hydrogens is 252 g/mol. The number of nitrogens with one attached hydrogen (secondary N) is 2. The number of rotatable bonds is 3. The molecule has 0 aliphatic heterocycles. The number of nitrogens with zero attached hydrogens (tertiary/aromatic N) is 3. The van der Waals surface area contributed by atoms with E-state index >= 15 is 0 Å². The van der Waals surface area contributed by atoms with Crippen molar-refractivity contribution in [2.45, 2.75) is 18.4 Å². The van der Waals surface area contributed by atoms with E-state index in [1.54, 1.807) is 6.20 Å². The van der Waals surface area contributed by atoms with Gasteiger partial charge in [-0.3, -0.25) is 5.10 Å². The van der Waals surface area contributed by atoms with Crippen molar-refractivity contribution >= 4 is 22.8 Å². The Morgan fingerprint density at radius 3 is 2.70 bits per heavy atom. The first-order valence-electron chi connectivity index (χ1n) is 6.57. The zero-order chi connectivity index (χ0) is 13.6. The third-order valence-corrected chi connectivity index (χ3v) is 3.76. The summed E-state index contributed by atoms with van der Waals surface area (Å²) < 4.78 is 0. The third-order valence-electron chi connectivity index (χ3n) is 3.76. The molecular formula is C14H14N6. The molecule has 4 rings (SSSR count). The molecule has 4 N–H and O–H groups in total. The normalized spacial score (nSPS) is 16.2. The van der Waals surface area contributed by atoms with Crippen LogP contribution in [0.3, 0.4) is 0 Å². The number of nitrogen functional groups attached to an aromatic ring is 1. The van der Waals surface area contributed by atoms with Crippen LogP contribution in [0, 0.1) is 0 Å². The quantitative estimate of drug-likeness (QED) is 0.674. The predicted molar refractivity (Wildman–Crippen MR) is 77.1 cm³/mol. The van der Waals surface area contributed by atoms with Gasteiger partial charge in [-0.15, -0.1) is 0 Å². The zero-order valence-electron chi connectivity index (χ0n) is 10.8. The molecule has 0 bridgehead atoms. The molecule has 3 aromatic rings. The van der Waals surface area contributed by atoms with E-state index in [1.165, 1.54) is 5.56 Å². The van der Waals surface area contributed by atoms with Gasteiger partial charge >= 0.3 is 0 Å². The summed E-state index contributed by atoms with van der Waals surface area (Å²) in [7, 11) is 0. The molecule has 0 spiro atoms. The maximum atomic E-state index is 5.75. The van der Waals surface area contributed by atoms with E-state index in [0.29, 0.717) is 5.65 Å². The monoisotopic (exact) mass is 266 g/mol. The molecule has 20 heavy (non-hydrogen) atoms. The summed E-state index contributed by atoms with van der Waals surface area (Å²) >= 11 is 0. The number of nitrogens with two attached hydrogens (primary N) is 1. The molecule has 1 aliphatic rings. The van der Waals surface area contributed by atoms with Gasteiger partial charge in [-0.05, 0) is 18.4 Å². The summed E-state index contributed by atoms with van der Waals surface area (Å²) in [5.41, 5.74) is 7.64. The Morgan fingerprint density at radius 1 is 1.15 bits per heavy atom. The van der Waals surface area contributed by atoms with E-state index in [1.807, 2.05) is 6.07 Å². The van der Waals surface area contributed by atoms with E-state index in [2.05, 4.69) is 49.7 Å². The van der Waals surface area contributed by atoms with Crippen molar-refractivity contribution in [1.82, 2.24) is 20.2 Å². The van der Waals surface area contributed by atoms with E-state index in [9.17, 15) is 0 Å². The molecule has 0 radical (unpaired) electrons. The standard InChI is InChI=1S/C14H14N6/c15-13-17-11(10-8-16-20-12(10)18-13)19-14(6-7-14)9-4-2-1-3-5-9/h1-5,8H,6-7H2,(H4,15,16,17,18,19,20). The highest BCUT2D eigenvalue weighted by Gasteiger charge is 2.44. The smallest absolute Gasteiger partial charge is 0.224 e. The SMILES string of the molecule is Nc1nc(NC2(c3ccccc3)CC2)c2cn[nH]c2n1. The molecule has 100 valence electrons. The highest BCUT2D eigenvalue weighted by molar-refractivity contribution is 5.87. The van der Waals surface area contributed by atoms with Crippen LogP contribution in [0.25, 0.3) is 11.0 Å². The number of anilines is 2. The van der Waals surface area contributed by atoms with Crippen LogP contribution < -0.4 is 11.1 Å². The van der Waals surface area contributed by atoms with E-state index < -0.39 is 0 Å². The maximum absolute atomic E-state index is 5.75. The second kappa shape index (κ2) is 3.93. The summed E-state index contributed by atoms with van der Waals surface area (Å²) in [4.78, 5) is 8.45. The summed E-state index contributed by atoms with van der Waals surface area (Å²) in [6, 6.07) is 10.4. The highest BCUT2D eigenvalue weighted by Crippen LogP contribution is 2.48. The summed E-state index contributed by atoms with van der Waals surface area (Å²) in [5, 5.41) is 11.2. The predicted octanol–water partition coefficient (Wildman–Crippen LogP) is 2.04. The largest absolute Gasteiger partial charge is 0.368 e. The van der Waals surface area contributed by atoms with Crippen molar-refractivity contribution in [3.05, 3.63) is 42.1 Å². The van der Waals surface area contributed by atoms with Crippen LogP contribution in [0.1, 0.15) is 18.4 Å². The molecule has 1 fully saturated rings. The van der Waals surface area contributed by atoms with Crippen LogP contribution in [-0.4, -0.2) is 20.2 Å². The summed E-state index contributed by atoms with van der Waals surface area (Å²) in [6.45, 7) is 0. The second-order valence-electron chi connectivity index (χ2n) is 5.14. The van der Waals surface area contributed by atoms with E-state index in [0.717, 1.165) is 24.0 Å². The van der Waals surface area contributed by atoms with Crippen molar-refractivity contribution in [3.8, 4) is 0 Å². The first kappa shape index (κ1) is 11.2. The van der Waals surface area contributed by atoms with Gasteiger partial charge in [-0.2, -0.15) is 15.1 Å². The molecule has 0 saturated heterocycles. The van der Waals surface area contributed by atoms with Crippen LogP contribution in [0.5, 0.6) is 0 Å². The van der Waals surface area contributed by atoms with Gasteiger partial charge in [0.2, 0.25) is 5.95 Å². The molecule has 6 heteroatoms. The lowest BCUT2D eigenvalue weighted by molar-refractivity contribution is 0.802. The van der Waals surface area contributed by atoms with Gasteiger partial charge in [0.1, 0.15) is 5.82 Å². The van der Waals surface area contributed by atoms with Crippen molar-refractivity contribution in [1.29, 1.82) is 0 Å². The highest BCUT2D eigenvalue weighted by atomic mass is 15.2. The fraction of sp³-hybridized carbons (Fsp3) is 0.214. The van der Waals surface area contributed by atoms with Crippen molar-refractivity contribution in [2.75, 3.05) is 11.1 Å². The Hall–Kier alpha value is -2.63. The minimum absolute atomic E-state index is 0.0355. The van der Waals surface area contributed by atoms with Crippen LogP contribution >= 0.6 is 0 Å². The summed E-state index contributed by atoms with van der Waals surface area (Å²) in [6.07, 6.45) is 3.89. The molecule has 2 aromatic heterocycles. The molecule has 1 aliphatic carbocycles. The number of H-pyrrole nitrogens is 1. The molecule has 0 unspecified atom stereocenters. The Bertz CT molecular complexity index is 760. The van der Waals surface area contributed by atoms with Crippen LogP contribution in [0.2, 0.25) is 0 Å². The number of aromatic amines is 1. The van der Waals surface area contributed by atoms with Crippen molar-refractivity contribution in [2.24, 2.45) is 0 Å². The number of hydrogen-bond acceptors (Lipinski definition) is 5. The molecule has 0 amide bonds. The fourth-order valence-corrected chi connectivity index (χ4v) is 2.54. The number of fused-ring (bicyclic) bond motifs is 1. The molecule has 6 nitrogen and oxygen atoms in total. The molecule has 1 aromatic carbocycles. The Labute approximate surface area is 115 Å². The van der Waals surface area contributed by atoms with Gasteiger partial charge in [0.25, 0.3) is 0 Å². The van der Waals surface area contributed by atoms with Crippen LogP contribution in [0.15, 0.2) is 36.5 Å². The Balaban J connectivity index is 1.76. The number of hydrogen-bond donors (Lipinski definition) is 3. The maximum Gasteiger partial charge on any atom is 0.224 e. The zero-order valence-corrected chi connectivity index (χ0v) is 10.8. The topological polar surface area (TPSA) is 92.5 Å². The van der Waals surface area contributed by atoms with Gasteiger partial charge < -0.3 is 11.1 Å². The molecule has 1 saturated carbocycles. The minimum Gasteiger partial charge on any atom is -0.368 e. The third kappa shape index (κ3) is 1.69. The first-order chi connectivity index (χ1) is 9.77. The average Bonchev–Trinajstić information content (AvgIpc) is 3.08. The van der Waals surface area contributed by atoms with Gasteiger partial charge in [0, 0.05) is 0 Å². The lowest BCUT2D eigenvalue weighted by Crippen LogP contribution is -2.20. The lowest BCUT2D eigenvalue weighted by atomic mass is 10.1. The Morgan fingerprint density at radius 2 is 1.95 bits per heavy atom. The van der Waals surface area contributed by atoms with Gasteiger partial charge in [0.05, 0.1) is 17.1 Å². The van der Waals surface area contributed by atoms with Crippen LogP contribution in [-0.2, 0) is 5.54 Å². The molecule has 2 heterocycles. The van der Waals surface area contributed by atoms with Gasteiger partial charge in [0.15, 0.2) is 5.65 Å². The van der Waals surface area contributed by atoms with Crippen molar-refractivity contribution in [3.63, 3.8) is 0 Å². The minimum atomic E-state index is -0.0355. The number of benzene rings is 1. The van der Waals surface area contributed by atoms with Crippen molar-refractivity contribution < 1.29 is 0 Å². The summed E-state index contributed by atoms with van der Waals surface area (Å²) in [5.74, 6) is 0.982. The van der Waals surface area contributed by atoms with E-state index in [4.69, 9.17) is 5.73 Å². The lowest BCUT2D eigenvalue weighted by Gasteiger charge is -2.19. The Kier molecular flexibility index (Phi) is 2.20. The number of aromatic nitrogens is 4. The van der Waals surface area contributed by atoms with Gasteiger partial charge in [-0.25, -0.2) is 0 Å². The van der Waals surface area contributed by atoms with Gasteiger partial charge in [-0.1, -0.05) is 30.3 Å². The first-order valence-corrected chi connectivity index (χ1v) is 6.57. The van der Waals surface area contributed by atoms with Crippen LogP contribution in [0.4, 0.5) is 11.8 Å². The second-order valence-corrected chi connectivity index (χ2v) is 5.14. The molecule has 0 atom stereocenters.